The highest BCUT2D eigenvalue weighted by Crippen LogP contribution is 2.37. The van der Waals surface area contributed by atoms with E-state index in [4.69, 9.17) is 25.9 Å². The highest BCUT2D eigenvalue weighted by molar-refractivity contribution is 6.74. The molecule has 0 spiro atoms. The number of aromatic nitrogens is 3. The standard InChI is InChI=1S/C26H35ClN4O3Si/c1-16(15-33-35(7,8)26(4,5)6)34-22-12-10-9-11-19(22)25(32)30-13-20-21(14-30)29-31-18(3)23(27)17(2)28-24(20)31/h9-12,16H,13-15H2,1-8H3. The van der Waals surface area contributed by atoms with Crippen molar-refractivity contribution in [2.75, 3.05) is 6.61 Å². The van der Waals surface area contributed by atoms with Crippen molar-refractivity contribution in [3.8, 4) is 5.75 Å². The zero-order chi connectivity index (χ0) is 25.7. The summed E-state index contributed by atoms with van der Waals surface area (Å²) in [6, 6.07) is 7.41. The van der Waals surface area contributed by atoms with Crippen LogP contribution in [0.1, 0.15) is 60.7 Å². The summed E-state index contributed by atoms with van der Waals surface area (Å²) in [5.74, 6) is 0.482. The lowest BCUT2D eigenvalue weighted by Crippen LogP contribution is -2.43. The Balaban J connectivity index is 1.50. The second-order valence-corrected chi connectivity index (χ2v) is 16.1. The predicted octanol–water partition coefficient (Wildman–Crippen LogP) is 5.94. The van der Waals surface area contributed by atoms with Crippen molar-refractivity contribution in [1.82, 2.24) is 19.5 Å². The molecule has 1 amide bonds. The Bertz CT molecular complexity index is 1280. The number of hydrogen-bond donors (Lipinski definition) is 0. The van der Waals surface area contributed by atoms with E-state index in [2.05, 4.69) is 38.8 Å². The van der Waals surface area contributed by atoms with Gasteiger partial charge in [0.1, 0.15) is 11.9 Å². The van der Waals surface area contributed by atoms with Crippen molar-refractivity contribution in [2.24, 2.45) is 0 Å². The molecule has 1 aromatic carbocycles. The third-order valence-corrected chi connectivity index (χ3v) is 12.2. The van der Waals surface area contributed by atoms with E-state index in [1.54, 1.807) is 9.42 Å². The first-order chi connectivity index (χ1) is 16.3. The first-order valence-corrected chi connectivity index (χ1v) is 15.3. The minimum atomic E-state index is -1.88. The van der Waals surface area contributed by atoms with Gasteiger partial charge in [-0.05, 0) is 51.0 Å². The Kier molecular flexibility index (Phi) is 6.76. The number of rotatable bonds is 6. The Labute approximate surface area is 213 Å². The fourth-order valence-electron chi connectivity index (χ4n) is 3.97. The van der Waals surface area contributed by atoms with Gasteiger partial charge < -0.3 is 14.1 Å². The summed E-state index contributed by atoms with van der Waals surface area (Å²) in [7, 11) is -1.88. The number of aryl methyl sites for hydroxylation is 2. The number of benzene rings is 1. The molecule has 2 aromatic heterocycles. The van der Waals surface area contributed by atoms with Crippen molar-refractivity contribution in [3.05, 3.63) is 57.5 Å². The molecular weight excluding hydrogens is 480 g/mol. The van der Waals surface area contributed by atoms with Crippen molar-refractivity contribution in [1.29, 1.82) is 0 Å². The van der Waals surface area contributed by atoms with Crippen molar-refractivity contribution >= 4 is 31.5 Å². The van der Waals surface area contributed by atoms with Crippen LogP contribution in [0.4, 0.5) is 0 Å². The van der Waals surface area contributed by atoms with Crippen LogP contribution in [0, 0.1) is 13.8 Å². The zero-order valence-electron chi connectivity index (χ0n) is 21.9. The molecular formula is C26H35ClN4O3Si. The van der Waals surface area contributed by atoms with Crippen LogP contribution >= 0.6 is 11.6 Å². The van der Waals surface area contributed by atoms with Gasteiger partial charge in [0.2, 0.25) is 0 Å². The molecule has 0 aliphatic carbocycles. The fourth-order valence-corrected chi connectivity index (χ4v) is 5.17. The SMILES string of the molecule is Cc1nc2c3c(nn2c(C)c1Cl)CN(C(=O)c1ccccc1OC(C)CO[Si](C)(C)C(C)(C)C)C3. The highest BCUT2D eigenvalue weighted by Gasteiger charge is 2.37. The monoisotopic (exact) mass is 514 g/mol. The van der Waals surface area contributed by atoms with Gasteiger partial charge in [0.05, 0.1) is 47.4 Å². The zero-order valence-corrected chi connectivity index (χ0v) is 23.7. The maximum atomic E-state index is 13.5. The number of carbonyl (C=O) groups excluding carboxylic acids is 1. The van der Waals surface area contributed by atoms with Gasteiger partial charge in [-0.25, -0.2) is 9.50 Å². The molecule has 0 radical (unpaired) electrons. The molecule has 9 heteroatoms. The summed E-state index contributed by atoms with van der Waals surface area (Å²) < 4.78 is 14.3. The first-order valence-electron chi connectivity index (χ1n) is 12.0. The van der Waals surface area contributed by atoms with Gasteiger partial charge >= 0.3 is 0 Å². The number of para-hydroxylation sites is 1. The fraction of sp³-hybridized carbons (Fsp3) is 0.500. The maximum absolute atomic E-state index is 13.5. The Morgan fingerprint density at radius 1 is 1.20 bits per heavy atom. The van der Waals surface area contributed by atoms with Gasteiger partial charge in [-0.15, -0.1) is 0 Å². The molecule has 7 nitrogen and oxygen atoms in total. The van der Waals surface area contributed by atoms with Crippen LogP contribution < -0.4 is 4.74 Å². The predicted molar refractivity (Wildman–Crippen MR) is 141 cm³/mol. The minimum absolute atomic E-state index is 0.0864. The molecule has 1 atom stereocenters. The molecule has 4 rings (SSSR count). The van der Waals surface area contributed by atoms with Crippen molar-refractivity contribution in [2.45, 2.75) is 78.9 Å². The Morgan fingerprint density at radius 2 is 1.89 bits per heavy atom. The molecule has 0 fully saturated rings. The molecule has 3 heterocycles. The van der Waals surface area contributed by atoms with Crippen LogP contribution in [0.3, 0.4) is 0 Å². The average Bonchev–Trinajstić information content (AvgIpc) is 3.34. The summed E-state index contributed by atoms with van der Waals surface area (Å²) in [4.78, 5) is 20.0. The van der Waals surface area contributed by atoms with Crippen LogP contribution in [0.25, 0.3) is 5.65 Å². The molecule has 0 saturated heterocycles. The van der Waals surface area contributed by atoms with E-state index in [0.717, 1.165) is 28.3 Å². The van der Waals surface area contributed by atoms with E-state index in [-0.39, 0.29) is 17.0 Å². The molecule has 0 N–H and O–H groups in total. The van der Waals surface area contributed by atoms with Gasteiger partial charge in [-0.3, -0.25) is 4.79 Å². The van der Waals surface area contributed by atoms with Crippen LogP contribution in [-0.2, 0) is 17.5 Å². The molecule has 3 aromatic rings. The number of ether oxygens (including phenoxy) is 1. The quantitative estimate of drug-likeness (QED) is 0.380. The average molecular weight is 515 g/mol. The summed E-state index contributed by atoms with van der Waals surface area (Å²) in [5, 5.41) is 5.43. The number of amides is 1. The number of nitrogens with zero attached hydrogens (tertiary/aromatic N) is 4. The Hall–Kier alpha value is -2.42. The number of fused-ring (bicyclic) bond motifs is 3. The molecule has 188 valence electrons. The molecule has 0 bridgehead atoms. The van der Waals surface area contributed by atoms with E-state index in [0.29, 0.717) is 36.0 Å². The summed E-state index contributed by atoms with van der Waals surface area (Å²) >= 11 is 6.36. The summed E-state index contributed by atoms with van der Waals surface area (Å²) in [6.45, 7) is 18.3. The van der Waals surface area contributed by atoms with Gasteiger partial charge in [0, 0.05) is 5.56 Å². The lowest BCUT2D eigenvalue weighted by molar-refractivity contribution is 0.0737. The van der Waals surface area contributed by atoms with Gasteiger partial charge in [0.25, 0.3) is 5.91 Å². The van der Waals surface area contributed by atoms with E-state index in [1.807, 2.05) is 45.0 Å². The second kappa shape index (κ2) is 9.22. The molecule has 1 aliphatic heterocycles. The van der Waals surface area contributed by atoms with E-state index < -0.39 is 8.32 Å². The highest BCUT2D eigenvalue weighted by atomic mass is 35.5. The maximum Gasteiger partial charge on any atom is 0.258 e. The number of hydrogen-bond acceptors (Lipinski definition) is 5. The van der Waals surface area contributed by atoms with Crippen LogP contribution in [0.5, 0.6) is 5.75 Å². The topological polar surface area (TPSA) is 69.0 Å². The third kappa shape index (κ3) is 4.84. The molecule has 35 heavy (non-hydrogen) atoms. The largest absolute Gasteiger partial charge is 0.488 e. The summed E-state index contributed by atoms with van der Waals surface area (Å²) in [5.41, 5.74) is 4.74. The van der Waals surface area contributed by atoms with Crippen molar-refractivity contribution in [3.63, 3.8) is 0 Å². The smallest absolute Gasteiger partial charge is 0.258 e. The van der Waals surface area contributed by atoms with Gasteiger partial charge in [-0.1, -0.05) is 44.5 Å². The first kappa shape index (κ1) is 25.7. The Morgan fingerprint density at radius 3 is 2.57 bits per heavy atom. The number of halogens is 1. The third-order valence-electron chi connectivity index (χ3n) is 7.17. The van der Waals surface area contributed by atoms with Gasteiger partial charge in [-0.2, -0.15) is 5.10 Å². The number of carbonyl (C=O) groups is 1. The van der Waals surface area contributed by atoms with Crippen LogP contribution in [0.15, 0.2) is 24.3 Å². The molecule has 1 aliphatic rings. The van der Waals surface area contributed by atoms with Crippen LogP contribution in [0.2, 0.25) is 23.2 Å². The van der Waals surface area contributed by atoms with Crippen LogP contribution in [-0.4, -0.2) is 46.4 Å². The van der Waals surface area contributed by atoms with E-state index >= 15 is 0 Å². The lowest BCUT2D eigenvalue weighted by atomic mass is 10.1. The normalized spacial score (nSPS) is 14.9. The summed E-state index contributed by atoms with van der Waals surface area (Å²) in [6.07, 6.45) is -0.182. The lowest BCUT2D eigenvalue weighted by Gasteiger charge is -2.37. The van der Waals surface area contributed by atoms with Crippen molar-refractivity contribution < 1.29 is 14.0 Å². The molecule has 0 saturated carbocycles. The van der Waals surface area contributed by atoms with E-state index in [9.17, 15) is 4.79 Å². The minimum Gasteiger partial charge on any atom is -0.488 e. The van der Waals surface area contributed by atoms with E-state index in [1.165, 1.54) is 0 Å². The molecule has 1 unspecified atom stereocenters. The van der Waals surface area contributed by atoms with Gasteiger partial charge in [0.15, 0.2) is 14.0 Å². The second-order valence-electron chi connectivity index (χ2n) is 10.9.